The van der Waals surface area contributed by atoms with Crippen molar-refractivity contribution in [2.75, 3.05) is 38.1 Å². The Balaban J connectivity index is 1.98. The summed E-state index contributed by atoms with van der Waals surface area (Å²) in [5.41, 5.74) is 3.03. The molecule has 0 spiro atoms. The maximum atomic E-state index is 12.8. The highest BCUT2D eigenvalue weighted by Gasteiger charge is 2.26. The van der Waals surface area contributed by atoms with Gasteiger partial charge in [0.1, 0.15) is 11.4 Å². The number of nitrogens with one attached hydrogen (secondary N) is 2. The highest BCUT2D eigenvalue weighted by molar-refractivity contribution is 6.11. The summed E-state index contributed by atoms with van der Waals surface area (Å²) in [5.74, 6) is 0.267. The first-order valence-corrected chi connectivity index (χ1v) is 11.7. The van der Waals surface area contributed by atoms with Gasteiger partial charge in [-0.15, -0.1) is 0 Å². The number of hydrogen-bond acceptors (Lipinski definition) is 7. The molecule has 9 heteroatoms. The van der Waals surface area contributed by atoms with E-state index in [4.69, 9.17) is 14.2 Å². The second-order valence-electron chi connectivity index (χ2n) is 8.53. The molecule has 188 valence electrons. The highest BCUT2D eigenvalue weighted by Crippen LogP contribution is 2.33. The van der Waals surface area contributed by atoms with Crippen molar-refractivity contribution in [1.29, 1.82) is 0 Å². The van der Waals surface area contributed by atoms with Gasteiger partial charge < -0.3 is 29.4 Å². The van der Waals surface area contributed by atoms with Crippen LogP contribution in [0.4, 0.5) is 11.4 Å². The number of anilines is 2. The second-order valence-corrected chi connectivity index (χ2v) is 8.53. The van der Waals surface area contributed by atoms with Crippen LogP contribution in [0.25, 0.3) is 11.0 Å². The number of methoxy groups -OCH3 is 2. The van der Waals surface area contributed by atoms with E-state index in [0.29, 0.717) is 49.4 Å². The van der Waals surface area contributed by atoms with Gasteiger partial charge in [-0.2, -0.15) is 0 Å². The van der Waals surface area contributed by atoms with Crippen LogP contribution >= 0.6 is 0 Å². The van der Waals surface area contributed by atoms with Gasteiger partial charge >= 0.3 is 5.97 Å². The number of carbonyl (C=O) groups excluding carboxylic acids is 2. The zero-order valence-corrected chi connectivity index (χ0v) is 21.0. The summed E-state index contributed by atoms with van der Waals surface area (Å²) in [7, 11) is 2.91. The van der Waals surface area contributed by atoms with Gasteiger partial charge in [-0.1, -0.05) is 26.0 Å². The molecule has 0 bridgehead atoms. The van der Waals surface area contributed by atoms with Gasteiger partial charge in [-0.3, -0.25) is 4.79 Å². The van der Waals surface area contributed by atoms with Crippen LogP contribution in [0.3, 0.4) is 0 Å². The molecule has 2 heterocycles. The van der Waals surface area contributed by atoms with Gasteiger partial charge in [0.25, 0.3) is 0 Å². The first kappa shape index (κ1) is 26.0. The molecule has 0 aliphatic carbocycles. The number of rotatable bonds is 12. The number of benzene rings is 1. The van der Waals surface area contributed by atoms with Crippen molar-refractivity contribution in [2.45, 2.75) is 40.3 Å². The first-order chi connectivity index (χ1) is 16.9. The molecular weight excluding hydrogens is 448 g/mol. The Kier molecular flexibility index (Phi) is 9.08. The molecule has 35 heavy (non-hydrogen) atoms. The van der Waals surface area contributed by atoms with Gasteiger partial charge in [0.2, 0.25) is 5.91 Å². The highest BCUT2D eigenvalue weighted by atomic mass is 16.5. The van der Waals surface area contributed by atoms with Crippen LogP contribution in [0, 0.1) is 5.92 Å². The summed E-state index contributed by atoms with van der Waals surface area (Å²) in [4.78, 5) is 30.1. The average Bonchev–Trinajstić information content (AvgIpc) is 3.13. The predicted octanol–water partition coefficient (Wildman–Crippen LogP) is 4.46. The molecule has 3 rings (SSSR count). The van der Waals surface area contributed by atoms with Crippen LogP contribution < -0.4 is 15.4 Å². The average molecular weight is 483 g/mol. The number of fused-ring (bicyclic) bond motifs is 1. The van der Waals surface area contributed by atoms with Crippen LogP contribution in [-0.4, -0.2) is 48.9 Å². The zero-order chi connectivity index (χ0) is 25.4. The topological polar surface area (TPSA) is 104 Å². The Morgan fingerprint density at radius 2 is 1.89 bits per heavy atom. The number of carbonyl (C=O) groups is 2. The normalized spacial score (nSPS) is 11.0. The number of aromatic nitrogens is 2. The maximum Gasteiger partial charge on any atom is 0.356 e. The van der Waals surface area contributed by atoms with Crippen LogP contribution in [-0.2, 0) is 27.4 Å². The second kappa shape index (κ2) is 12.2. The van der Waals surface area contributed by atoms with E-state index in [0.717, 1.165) is 17.0 Å². The van der Waals surface area contributed by atoms with Crippen molar-refractivity contribution in [3.63, 3.8) is 0 Å². The monoisotopic (exact) mass is 482 g/mol. The smallest absolute Gasteiger partial charge is 0.356 e. The number of hydrogen-bond donors (Lipinski definition) is 2. The number of ether oxygens (including phenoxy) is 3. The number of esters is 1. The molecule has 1 aromatic carbocycles. The molecule has 2 N–H and O–H groups in total. The molecule has 0 radical (unpaired) electrons. The summed E-state index contributed by atoms with van der Waals surface area (Å²) >= 11 is 0. The zero-order valence-electron chi connectivity index (χ0n) is 21.0. The first-order valence-electron chi connectivity index (χ1n) is 11.7. The molecule has 2 aromatic heterocycles. The minimum absolute atomic E-state index is 0.169. The van der Waals surface area contributed by atoms with Crippen molar-refractivity contribution in [1.82, 2.24) is 9.55 Å². The van der Waals surface area contributed by atoms with Crippen molar-refractivity contribution < 1.29 is 23.8 Å². The molecule has 0 atom stereocenters. The van der Waals surface area contributed by atoms with E-state index < -0.39 is 5.97 Å². The van der Waals surface area contributed by atoms with E-state index in [1.165, 1.54) is 7.11 Å². The van der Waals surface area contributed by atoms with E-state index >= 15 is 0 Å². The van der Waals surface area contributed by atoms with Gasteiger partial charge in [-0.25, -0.2) is 9.78 Å². The largest absolute Gasteiger partial charge is 0.494 e. The minimum Gasteiger partial charge on any atom is -0.494 e. The molecule has 0 saturated carbocycles. The summed E-state index contributed by atoms with van der Waals surface area (Å²) in [5, 5.41) is 6.95. The summed E-state index contributed by atoms with van der Waals surface area (Å²) < 4.78 is 17.5. The molecule has 0 aliphatic rings. The Bertz CT molecular complexity index is 1150. The lowest BCUT2D eigenvalue weighted by atomic mass is 10.1. The standard InChI is InChI=1S/C26H34N4O5/c1-6-35-20-9-7-18(8-10-20)15-27-19-14-21-23(29-22(31)13-17(2)3)24(26(32)34-5)30(11-12-33-4)25(21)28-16-19/h7-10,14,16-17,27H,6,11-13,15H2,1-5H3,(H,29,31). The summed E-state index contributed by atoms with van der Waals surface area (Å²) in [6, 6.07) is 9.75. The minimum atomic E-state index is -0.553. The Labute approximate surface area is 205 Å². The predicted molar refractivity (Wildman–Crippen MR) is 136 cm³/mol. The van der Waals surface area contributed by atoms with Crippen molar-refractivity contribution in [3.8, 4) is 5.75 Å². The fraction of sp³-hybridized carbons (Fsp3) is 0.423. The fourth-order valence-corrected chi connectivity index (χ4v) is 3.79. The molecule has 3 aromatic rings. The SMILES string of the molecule is CCOc1ccc(CNc2cnc3c(c2)c(NC(=O)CC(C)C)c(C(=O)OC)n3CCOC)cc1. The van der Waals surface area contributed by atoms with Crippen molar-refractivity contribution in [2.24, 2.45) is 5.92 Å². The summed E-state index contributed by atoms with van der Waals surface area (Å²) in [6.45, 7) is 7.82. The summed E-state index contributed by atoms with van der Waals surface area (Å²) in [6.07, 6.45) is 2.04. The third kappa shape index (κ3) is 6.51. The molecule has 9 nitrogen and oxygen atoms in total. The maximum absolute atomic E-state index is 12.8. The molecule has 0 fully saturated rings. The quantitative estimate of drug-likeness (QED) is 0.367. The molecule has 0 unspecified atom stereocenters. The van der Waals surface area contributed by atoms with Crippen LogP contribution in [0.15, 0.2) is 36.5 Å². The van der Waals surface area contributed by atoms with Gasteiger partial charge in [0.05, 0.1) is 37.9 Å². The van der Waals surface area contributed by atoms with E-state index in [9.17, 15) is 9.59 Å². The number of amides is 1. The third-order valence-electron chi connectivity index (χ3n) is 5.39. The third-order valence-corrected chi connectivity index (χ3v) is 5.39. The van der Waals surface area contributed by atoms with Gasteiger partial charge in [0, 0.05) is 32.0 Å². The Hall–Kier alpha value is -3.59. The van der Waals surface area contributed by atoms with E-state index in [-0.39, 0.29) is 17.5 Å². The molecule has 1 amide bonds. The van der Waals surface area contributed by atoms with Crippen molar-refractivity contribution >= 4 is 34.3 Å². The van der Waals surface area contributed by atoms with Crippen molar-refractivity contribution in [3.05, 3.63) is 47.8 Å². The number of pyridine rings is 1. The lowest BCUT2D eigenvalue weighted by Gasteiger charge is -2.11. The van der Waals surface area contributed by atoms with E-state index in [1.54, 1.807) is 17.9 Å². The van der Waals surface area contributed by atoms with E-state index in [1.807, 2.05) is 51.1 Å². The fourth-order valence-electron chi connectivity index (χ4n) is 3.79. The lowest BCUT2D eigenvalue weighted by molar-refractivity contribution is -0.116. The van der Waals surface area contributed by atoms with Crippen LogP contribution in [0.1, 0.15) is 43.2 Å². The number of nitrogens with zero attached hydrogens (tertiary/aromatic N) is 2. The molecule has 0 saturated heterocycles. The van der Waals surface area contributed by atoms with Gasteiger partial charge in [-0.05, 0) is 36.6 Å². The molecule has 0 aliphatic heterocycles. The Morgan fingerprint density at radius 1 is 1.14 bits per heavy atom. The molecular formula is C26H34N4O5. The Morgan fingerprint density at radius 3 is 2.51 bits per heavy atom. The van der Waals surface area contributed by atoms with Crippen LogP contribution in [0.5, 0.6) is 5.75 Å². The van der Waals surface area contributed by atoms with Gasteiger partial charge in [0.15, 0.2) is 5.69 Å². The van der Waals surface area contributed by atoms with Crippen LogP contribution in [0.2, 0.25) is 0 Å². The lowest BCUT2D eigenvalue weighted by Crippen LogP contribution is -2.19. The van der Waals surface area contributed by atoms with E-state index in [2.05, 4.69) is 15.6 Å².